The molecule has 2 aliphatic heterocycles. The molecule has 11 atom stereocenters. The van der Waals surface area contributed by atoms with Crippen LogP contribution in [-0.4, -0.2) is 102 Å². The highest BCUT2D eigenvalue weighted by molar-refractivity contribution is 7.61. The lowest BCUT2D eigenvalue weighted by molar-refractivity contribution is -0.208. The zero-order valence-corrected chi connectivity index (χ0v) is 23.4. The van der Waals surface area contributed by atoms with Gasteiger partial charge >= 0.3 is 21.3 Å². The Balaban J connectivity index is 1.66. The molecule has 2 amide bonds. The quantitative estimate of drug-likeness (QED) is 0.116. The van der Waals surface area contributed by atoms with Crippen molar-refractivity contribution in [3.05, 3.63) is 33.1 Å². The molecule has 41 heavy (non-hydrogen) atoms. The number of nitrogens with zero attached hydrogens (tertiary/aromatic N) is 1. The smallest absolute Gasteiger partial charge is 0.389 e. The third kappa shape index (κ3) is 8.38. The molecule has 2 saturated heterocycles. The van der Waals surface area contributed by atoms with Gasteiger partial charge in [-0.05, 0) is 6.92 Å². The number of aromatic nitrogens is 2. The first-order valence-corrected chi connectivity index (χ1v) is 14.8. The molecule has 0 radical (unpaired) electrons. The first-order chi connectivity index (χ1) is 18.9. The van der Waals surface area contributed by atoms with E-state index in [9.17, 15) is 53.4 Å². The van der Waals surface area contributed by atoms with Crippen molar-refractivity contribution in [1.29, 1.82) is 0 Å². The maximum atomic E-state index is 12.6. The van der Waals surface area contributed by atoms with Crippen LogP contribution in [0.2, 0.25) is 0 Å². The topological polar surface area (TPSA) is 294 Å². The number of aliphatic hydroxyl groups excluding tert-OH is 3. The molecule has 20 nitrogen and oxygen atoms in total. The number of ether oxygens (including phenoxy) is 2. The summed E-state index contributed by atoms with van der Waals surface area (Å²) in [5.41, 5.74) is -1.73. The Hall–Kier alpha value is -2.32. The summed E-state index contributed by atoms with van der Waals surface area (Å²) in [5.74, 6) is -1.28. The molecule has 0 aromatic carbocycles. The maximum Gasteiger partial charge on any atom is 0.483 e. The van der Waals surface area contributed by atoms with E-state index < -0.39 is 100 Å². The van der Waals surface area contributed by atoms with E-state index >= 15 is 0 Å². The molecule has 2 fully saturated rings. The van der Waals surface area contributed by atoms with E-state index in [1.165, 1.54) is 6.92 Å². The third-order valence-corrected chi connectivity index (χ3v) is 8.53. The molecular weight excluding hydrogens is 602 g/mol. The molecule has 2 aliphatic rings. The monoisotopic (exact) mass is 632 g/mol. The first-order valence-electron chi connectivity index (χ1n) is 11.8. The number of aliphatic hydroxyl groups is 3. The highest BCUT2D eigenvalue weighted by Crippen LogP contribution is 2.61. The van der Waals surface area contributed by atoms with Crippen molar-refractivity contribution in [2.75, 3.05) is 6.61 Å². The Labute approximate surface area is 230 Å². The number of H-pyrrole nitrogens is 1. The summed E-state index contributed by atoms with van der Waals surface area (Å²) >= 11 is 0. The molecular formula is C19H30N4O16P2. The van der Waals surface area contributed by atoms with Gasteiger partial charge in [0.25, 0.3) is 5.56 Å². The van der Waals surface area contributed by atoms with Crippen LogP contribution in [0, 0.1) is 0 Å². The molecule has 0 bridgehead atoms. The lowest BCUT2D eigenvalue weighted by Crippen LogP contribution is -2.67. The number of rotatable bonds is 10. The average molecular weight is 632 g/mol. The molecule has 3 rings (SSSR count). The number of carbonyl (C=O) groups excluding carboxylic acids is 2. The second-order valence-corrected chi connectivity index (χ2v) is 12.1. The van der Waals surface area contributed by atoms with Crippen LogP contribution in [0.15, 0.2) is 21.9 Å². The Morgan fingerprint density at radius 3 is 2.20 bits per heavy atom. The van der Waals surface area contributed by atoms with Gasteiger partial charge in [-0.1, -0.05) is 0 Å². The standard InChI is InChI=1S/C19H30N4O16P2/c1-7-12(20-8(2)24)15(28)13(21-9(3)25)18(36-7)38-41(33,34)39-40(31,32)35-6-10-14(27)16(29)17(37-10)23-5-4-11(26)22-19(23)30/h4-5,7,10,12-18,27-29H,6H2,1-3H3,(H,20,24)(H,21,25)(H,31,32)(H,33,34)(H,22,26,30). The van der Waals surface area contributed by atoms with Gasteiger partial charge in [-0.25, -0.2) is 13.9 Å². The van der Waals surface area contributed by atoms with Gasteiger partial charge in [0, 0.05) is 26.1 Å². The SMILES string of the molecule is CC(=O)NC1C(C)OC(OP(=O)(O)OP(=O)(O)OCC2OC(n3ccc(=O)[nH]c3=O)C(O)C2O)C(NC(C)=O)C1O. The number of amides is 2. The molecule has 1 aromatic heterocycles. The van der Waals surface area contributed by atoms with Crippen molar-refractivity contribution in [3.8, 4) is 0 Å². The second kappa shape index (κ2) is 12.9. The fourth-order valence-electron chi connectivity index (χ4n) is 4.16. The Bertz CT molecular complexity index is 1340. The highest BCUT2D eigenvalue weighted by Gasteiger charge is 2.50. The molecule has 0 aliphatic carbocycles. The summed E-state index contributed by atoms with van der Waals surface area (Å²) in [5, 5.41) is 35.7. The molecule has 22 heteroatoms. The fraction of sp³-hybridized carbons (Fsp3) is 0.684. The van der Waals surface area contributed by atoms with Gasteiger partial charge in [0.2, 0.25) is 11.8 Å². The van der Waals surface area contributed by atoms with Gasteiger partial charge in [0.1, 0.15) is 30.5 Å². The maximum absolute atomic E-state index is 12.6. The molecule has 3 heterocycles. The van der Waals surface area contributed by atoms with Gasteiger partial charge in [0.15, 0.2) is 12.5 Å². The summed E-state index contributed by atoms with van der Waals surface area (Å²) in [6.45, 7) is 2.56. The van der Waals surface area contributed by atoms with Gasteiger partial charge in [-0.2, -0.15) is 4.31 Å². The summed E-state index contributed by atoms with van der Waals surface area (Å²) in [4.78, 5) is 68.4. The summed E-state index contributed by atoms with van der Waals surface area (Å²) in [6, 6.07) is -1.70. The number of carbonyl (C=O) groups is 2. The van der Waals surface area contributed by atoms with Gasteiger partial charge in [-0.3, -0.25) is 33.0 Å². The Morgan fingerprint density at radius 1 is 1.00 bits per heavy atom. The van der Waals surface area contributed by atoms with Crippen LogP contribution >= 0.6 is 15.6 Å². The van der Waals surface area contributed by atoms with Crippen LogP contribution in [0.5, 0.6) is 0 Å². The number of hydrogen-bond acceptors (Lipinski definition) is 14. The minimum absolute atomic E-state index is 0.555. The predicted octanol–water partition coefficient (Wildman–Crippen LogP) is -3.48. The predicted molar refractivity (Wildman–Crippen MR) is 131 cm³/mol. The van der Waals surface area contributed by atoms with Gasteiger partial charge in [0.05, 0.1) is 18.8 Å². The van der Waals surface area contributed by atoms with Crippen LogP contribution in [0.25, 0.3) is 0 Å². The zero-order chi connectivity index (χ0) is 30.9. The molecule has 11 unspecified atom stereocenters. The largest absolute Gasteiger partial charge is 0.483 e. The number of aromatic amines is 1. The summed E-state index contributed by atoms with van der Waals surface area (Å²) in [6.07, 6.45) is -10.3. The molecule has 232 valence electrons. The van der Waals surface area contributed by atoms with Crippen molar-refractivity contribution in [2.24, 2.45) is 0 Å². The van der Waals surface area contributed by atoms with Crippen molar-refractivity contribution in [3.63, 3.8) is 0 Å². The number of nitrogens with one attached hydrogen (secondary N) is 3. The fourth-order valence-corrected chi connectivity index (χ4v) is 6.32. The zero-order valence-electron chi connectivity index (χ0n) is 21.6. The minimum Gasteiger partial charge on any atom is -0.389 e. The van der Waals surface area contributed by atoms with Crippen LogP contribution in [0.4, 0.5) is 0 Å². The van der Waals surface area contributed by atoms with Crippen molar-refractivity contribution >= 4 is 27.5 Å². The minimum atomic E-state index is -5.57. The van der Waals surface area contributed by atoms with Crippen LogP contribution in [0.1, 0.15) is 27.0 Å². The average Bonchev–Trinajstić information content (AvgIpc) is 3.10. The number of phosphoric acid groups is 2. The van der Waals surface area contributed by atoms with Crippen LogP contribution < -0.4 is 21.9 Å². The first kappa shape index (κ1) is 33.2. The third-order valence-electron chi connectivity index (χ3n) is 5.93. The molecule has 0 saturated carbocycles. The van der Waals surface area contributed by atoms with Crippen molar-refractivity contribution in [1.82, 2.24) is 20.2 Å². The van der Waals surface area contributed by atoms with Crippen molar-refractivity contribution in [2.45, 2.75) is 75.9 Å². The Kier molecular flexibility index (Phi) is 10.4. The van der Waals surface area contributed by atoms with E-state index in [-0.39, 0.29) is 0 Å². The molecule has 1 aromatic rings. The molecule has 0 spiro atoms. The van der Waals surface area contributed by atoms with E-state index in [0.717, 1.165) is 30.7 Å². The number of hydrogen-bond donors (Lipinski definition) is 8. The lowest BCUT2D eigenvalue weighted by Gasteiger charge is -2.43. The van der Waals surface area contributed by atoms with E-state index in [1.807, 2.05) is 4.98 Å². The van der Waals surface area contributed by atoms with E-state index in [2.05, 4.69) is 19.5 Å². The number of phosphoric ester groups is 2. The van der Waals surface area contributed by atoms with Gasteiger partial charge in [-0.15, -0.1) is 0 Å². The second-order valence-electron chi connectivity index (χ2n) is 9.14. The van der Waals surface area contributed by atoms with Crippen LogP contribution in [-0.2, 0) is 41.6 Å². The van der Waals surface area contributed by atoms with E-state index in [0.29, 0.717) is 0 Å². The molecule has 8 N–H and O–H groups in total. The van der Waals surface area contributed by atoms with Crippen LogP contribution in [0.3, 0.4) is 0 Å². The van der Waals surface area contributed by atoms with E-state index in [4.69, 9.17) is 14.0 Å². The van der Waals surface area contributed by atoms with Crippen molar-refractivity contribution < 1.29 is 66.7 Å². The normalized spacial score (nSPS) is 34.8. The highest BCUT2D eigenvalue weighted by atomic mass is 31.3. The summed E-state index contributed by atoms with van der Waals surface area (Å²) in [7, 11) is -11.1. The lowest BCUT2D eigenvalue weighted by atomic mass is 9.95. The van der Waals surface area contributed by atoms with Gasteiger partial charge < -0.3 is 45.2 Å². The Morgan fingerprint density at radius 2 is 1.61 bits per heavy atom. The summed E-state index contributed by atoms with van der Waals surface area (Å²) < 4.78 is 50.1. The van der Waals surface area contributed by atoms with E-state index in [1.54, 1.807) is 0 Å².